The van der Waals surface area contributed by atoms with Gasteiger partial charge in [-0.15, -0.1) is 0 Å². The van der Waals surface area contributed by atoms with Gasteiger partial charge in [0, 0.05) is 24.2 Å². The zero-order valence-corrected chi connectivity index (χ0v) is 12.6. The number of rotatable bonds is 4. The number of aromatic carboxylic acids is 1. The second-order valence-corrected chi connectivity index (χ2v) is 6.41. The maximum Gasteiger partial charge on any atom is 0.337 e. The van der Waals surface area contributed by atoms with E-state index in [9.17, 15) is 22.7 Å². The summed E-state index contributed by atoms with van der Waals surface area (Å²) < 4.78 is 71.8. The van der Waals surface area contributed by atoms with Gasteiger partial charge in [0.05, 0.1) is 16.7 Å². The molecule has 2 aromatic heterocycles. The third-order valence-electron chi connectivity index (χ3n) is 3.12. The van der Waals surface area contributed by atoms with Crippen LogP contribution < -0.4 is 0 Å². The predicted octanol–water partition coefficient (Wildman–Crippen LogP) is 2.62. The lowest BCUT2D eigenvalue weighted by Crippen LogP contribution is -2.14. The fourth-order valence-corrected chi connectivity index (χ4v) is 3.36. The molecule has 0 aliphatic heterocycles. The molecule has 3 aromatic rings. The van der Waals surface area contributed by atoms with Crippen LogP contribution >= 0.6 is 0 Å². The summed E-state index contributed by atoms with van der Waals surface area (Å²) in [4.78, 5) is 14.7. The summed E-state index contributed by atoms with van der Waals surface area (Å²) in [5.41, 5.74) is -1.81. The number of pyridine rings is 1. The SMILES string of the molecule is [2H]c1c([2H])c([2H])c(-c2cc(C(=O)O)cn2S(=O)(=O)c2cccnc2)c(F)c1[2H]. The van der Waals surface area contributed by atoms with Gasteiger partial charge >= 0.3 is 5.97 Å². The Morgan fingerprint density at radius 2 is 2.08 bits per heavy atom. The van der Waals surface area contributed by atoms with Crippen molar-refractivity contribution in [1.82, 2.24) is 8.96 Å². The Morgan fingerprint density at radius 3 is 2.75 bits per heavy atom. The highest BCUT2D eigenvalue weighted by Crippen LogP contribution is 2.28. The van der Waals surface area contributed by atoms with E-state index in [1.807, 2.05) is 0 Å². The fraction of sp³-hybridized carbons (Fsp3) is 0. The molecule has 0 aliphatic carbocycles. The van der Waals surface area contributed by atoms with Crippen molar-refractivity contribution in [3.63, 3.8) is 0 Å². The van der Waals surface area contributed by atoms with E-state index < -0.39 is 62.8 Å². The molecule has 2 heterocycles. The lowest BCUT2D eigenvalue weighted by atomic mass is 10.1. The smallest absolute Gasteiger partial charge is 0.337 e. The minimum absolute atomic E-state index is 0.315. The van der Waals surface area contributed by atoms with Gasteiger partial charge in [-0.05, 0) is 30.3 Å². The zero-order valence-electron chi connectivity index (χ0n) is 15.8. The van der Waals surface area contributed by atoms with Crippen molar-refractivity contribution < 1.29 is 28.2 Å². The van der Waals surface area contributed by atoms with Crippen LogP contribution in [0.15, 0.2) is 65.9 Å². The van der Waals surface area contributed by atoms with Crippen molar-refractivity contribution in [2.45, 2.75) is 4.90 Å². The topological polar surface area (TPSA) is 89.3 Å². The van der Waals surface area contributed by atoms with Crippen LogP contribution in [-0.4, -0.2) is 28.5 Å². The molecule has 0 bridgehead atoms. The van der Waals surface area contributed by atoms with Crippen LogP contribution in [0.4, 0.5) is 4.39 Å². The molecule has 1 aromatic carbocycles. The first kappa shape index (κ1) is 11.5. The number of carbonyl (C=O) groups is 1. The second-order valence-electron chi connectivity index (χ2n) is 4.60. The van der Waals surface area contributed by atoms with Gasteiger partial charge in [-0.2, -0.15) is 0 Å². The first-order chi connectivity index (χ1) is 13.1. The zero-order chi connectivity index (χ0) is 20.8. The Labute approximate surface area is 142 Å². The molecule has 0 atom stereocenters. The number of hydrogen-bond acceptors (Lipinski definition) is 4. The summed E-state index contributed by atoms with van der Waals surface area (Å²) in [6.45, 7) is 0. The lowest BCUT2D eigenvalue weighted by molar-refractivity contribution is 0.0697. The largest absolute Gasteiger partial charge is 0.478 e. The van der Waals surface area contributed by atoms with Crippen molar-refractivity contribution in [3.8, 4) is 11.3 Å². The van der Waals surface area contributed by atoms with Crippen molar-refractivity contribution in [1.29, 1.82) is 0 Å². The molecule has 1 N–H and O–H groups in total. The highest BCUT2D eigenvalue weighted by atomic mass is 32.2. The minimum atomic E-state index is -4.43. The van der Waals surface area contributed by atoms with Gasteiger partial charge in [0.15, 0.2) is 0 Å². The first-order valence-electron chi connectivity index (χ1n) is 8.44. The van der Waals surface area contributed by atoms with Gasteiger partial charge in [0.25, 0.3) is 10.0 Å². The van der Waals surface area contributed by atoms with E-state index >= 15 is 0 Å². The Bertz CT molecular complexity index is 1180. The molecule has 8 heteroatoms. The minimum Gasteiger partial charge on any atom is -0.478 e. The molecule has 0 amide bonds. The van der Waals surface area contributed by atoms with E-state index in [2.05, 4.69) is 4.98 Å². The van der Waals surface area contributed by atoms with Gasteiger partial charge < -0.3 is 5.11 Å². The standard InChI is InChI=1S/C16H11FN2O4S/c17-14-6-2-1-5-13(14)15-8-11(16(20)21)10-19(15)24(22,23)12-4-3-7-18-9-12/h1-10H,(H,20,21)/i1D,2D,5D,6D. The molecule has 3 rings (SSSR count). The van der Waals surface area contributed by atoms with Gasteiger partial charge in [-0.25, -0.2) is 21.6 Å². The summed E-state index contributed by atoms with van der Waals surface area (Å²) in [5.74, 6) is -2.90. The quantitative estimate of drug-likeness (QED) is 0.781. The molecule has 0 radical (unpaired) electrons. The van der Waals surface area contributed by atoms with Crippen LogP contribution in [0.3, 0.4) is 0 Å². The summed E-state index contributed by atoms with van der Waals surface area (Å²) in [5, 5.41) is 9.23. The van der Waals surface area contributed by atoms with E-state index in [4.69, 9.17) is 5.48 Å². The Hall–Kier alpha value is -3.00. The third-order valence-corrected chi connectivity index (χ3v) is 4.78. The first-order valence-corrected chi connectivity index (χ1v) is 7.89. The predicted molar refractivity (Wildman–Crippen MR) is 83.6 cm³/mol. The highest BCUT2D eigenvalue weighted by Gasteiger charge is 2.24. The molecule has 0 fully saturated rings. The van der Waals surface area contributed by atoms with Crippen LogP contribution in [0.2, 0.25) is 0 Å². The normalized spacial score (nSPS) is 13.7. The van der Waals surface area contributed by atoms with E-state index in [1.165, 1.54) is 18.3 Å². The summed E-state index contributed by atoms with van der Waals surface area (Å²) >= 11 is 0. The van der Waals surface area contributed by atoms with Crippen molar-refractivity contribution >= 4 is 16.0 Å². The number of carboxylic acid groups (broad SMARTS) is 1. The molecule has 24 heavy (non-hydrogen) atoms. The average molecular weight is 350 g/mol. The lowest BCUT2D eigenvalue weighted by Gasteiger charge is -2.10. The molecule has 0 unspecified atom stereocenters. The second kappa shape index (κ2) is 5.89. The van der Waals surface area contributed by atoms with Gasteiger partial charge in [0.2, 0.25) is 0 Å². The highest BCUT2D eigenvalue weighted by molar-refractivity contribution is 7.90. The van der Waals surface area contributed by atoms with Crippen LogP contribution in [0, 0.1) is 5.82 Å². The van der Waals surface area contributed by atoms with E-state index in [-0.39, 0.29) is 4.90 Å². The summed E-state index contributed by atoms with van der Waals surface area (Å²) in [6.07, 6.45) is 3.07. The van der Waals surface area contributed by atoms with Crippen molar-refractivity contribution in [2.24, 2.45) is 0 Å². The van der Waals surface area contributed by atoms with Crippen LogP contribution in [0.1, 0.15) is 15.8 Å². The maximum atomic E-state index is 14.7. The monoisotopic (exact) mass is 350 g/mol. The Balaban J connectivity index is 2.41. The molecule has 0 aliphatic rings. The number of aromatic nitrogens is 2. The van der Waals surface area contributed by atoms with Crippen molar-refractivity contribution in [2.75, 3.05) is 0 Å². The maximum absolute atomic E-state index is 14.7. The number of halogens is 1. The molecule has 0 saturated heterocycles. The number of carboxylic acids is 1. The van der Waals surface area contributed by atoms with E-state index in [0.29, 0.717) is 3.97 Å². The third kappa shape index (κ3) is 2.67. The number of nitrogens with zero attached hydrogens (tertiary/aromatic N) is 2. The number of benzene rings is 1. The van der Waals surface area contributed by atoms with Crippen LogP contribution in [-0.2, 0) is 10.0 Å². The summed E-state index contributed by atoms with van der Waals surface area (Å²) in [7, 11) is -4.43. The molecule has 122 valence electrons. The fourth-order valence-electron chi connectivity index (χ4n) is 2.03. The van der Waals surface area contributed by atoms with E-state index in [1.54, 1.807) is 0 Å². The Morgan fingerprint density at radius 1 is 1.33 bits per heavy atom. The van der Waals surface area contributed by atoms with Gasteiger partial charge in [-0.3, -0.25) is 4.98 Å². The van der Waals surface area contributed by atoms with Crippen LogP contribution in [0.25, 0.3) is 11.3 Å². The number of hydrogen-bond donors (Lipinski definition) is 1. The molecular weight excluding hydrogens is 335 g/mol. The van der Waals surface area contributed by atoms with Gasteiger partial charge in [0.1, 0.15) is 10.7 Å². The average Bonchev–Trinajstić information content (AvgIpc) is 3.12. The van der Waals surface area contributed by atoms with Crippen molar-refractivity contribution in [3.05, 3.63) is 72.3 Å². The van der Waals surface area contributed by atoms with E-state index in [0.717, 1.165) is 18.5 Å². The molecule has 6 nitrogen and oxygen atoms in total. The Kier molecular flexibility index (Phi) is 2.83. The molecule has 0 spiro atoms. The molecular formula is C16H11FN2O4S. The van der Waals surface area contributed by atoms with Gasteiger partial charge in [-0.1, -0.05) is 12.1 Å². The molecule has 0 saturated carbocycles. The summed E-state index contributed by atoms with van der Waals surface area (Å²) in [6, 6.07) is -0.0970. The van der Waals surface area contributed by atoms with Crippen LogP contribution in [0.5, 0.6) is 0 Å².